The molecule has 5 rings (SSSR count). The summed E-state index contributed by atoms with van der Waals surface area (Å²) in [5.41, 5.74) is 2.62. The topological polar surface area (TPSA) is 87.0 Å². The number of para-hydroxylation sites is 1. The molecule has 6 nitrogen and oxygen atoms in total. The third kappa shape index (κ3) is 3.14. The van der Waals surface area contributed by atoms with E-state index in [2.05, 4.69) is 29.4 Å². The molecule has 3 N–H and O–H groups in total. The van der Waals surface area contributed by atoms with Crippen LogP contribution >= 0.6 is 0 Å². The maximum atomic E-state index is 13.2. The van der Waals surface area contributed by atoms with Crippen molar-refractivity contribution < 1.29 is 9.53 Å². The van der Waals surface area contributed by atoms with Crippen LogP contribution < -0.4 is 15.6 Å². The molecule has 152 valence electrons. The van der Waals surface area contributed by atoms with E-state index in [0.717, 1.165) is 23.4 Å². The van der Waals surface area contributed by atoms with Gasteiger partial charge in [-0.1, -0.05) is 44.2 Å². The molecule has 1 atom stereocenters. The zero-order chi connectivity index (χ0) is 20.9. The highest BCUT2D eigenvalue weighted by atomic mass is 16.5. The first-order valence-corrected chi connectivity index (χ1v) is 10.1. The van der Waals surface area contributed by atoms with E-state index in [0.29, 0.717) is 29.1 Å². The number of rotatable bonds is 3. The second kappa shape index (κ2) is 6.76. The lowest BCUT2D eigenvalue weighted by atomic mass is 9.69. The molecule has 6 heteroatoms. The number of carbonyl (C=O) groups excluding carboxylic acids is 1. The summed E-state index contributed by atoms with van der Waals surface area (Å²) in [4.78, 5) is 25.8. The summed E-state index contributed by atoms with van der Waals surface area (Å²) in [6.07, 6.45) is 1.21. The first-order valence-electron chi connectivity index (χ1n) is 10.1. The zero-order valence-electron chi connectivity index (χ0n) is 16.9. The summed E-state index contributed by atoms with van der Waals surface area (Å²) >= 11 is 0. The molecule has 1 aliphatic carbocycles. The van der Waals surface area contributed by atoms with Gasteiger partial charge in [-0.25, -0.2) is 0 Å². The molecule has 0 spiro atoms. The smallest absolute Gasteiger partial charge is 0.270 e. The van der Waals surface area contributed by atoms with Crippen molar-refractivity contribution in [2.75, 3.05) is 5.32 Å². The molecule has 0 unspecified atom stereocenters. The van der Waals surface area contributed by atoms with Crippen molar-refractivity contribution in [1.82, 2.24) is 10.2 Å². The average Bonchev–Trinajstić information content (AvgIpc) is 3.07. The Bertz CT molecular complexity index is 1220. The Balaban J connectivity index is 1.62. The molecule has 1 aromatic heterocycles. The molecule has 0 amide bonds. The number of Topliss-reactive ketones (excluding diaryl/α,β-unsaturated/α-hetero) is 1. The number of benzene rings is 2. The summed E-state index contributed by atoms with van der Waals surface area (Å²) in [5, 5.41) is 8.90. The van der Waals surface area contributed by atoms with Crippen molar-refractivity contribution >= 4 is 11.6 Å². The quantitative estimate of drug-likeness (QED) is 0.594. The fourth-order valence-corrected chi connectivity index (χ4v) is 4.53. The van der Waals surface area contributed by atoms with Gasteiger partial charge in [-0.15, -0.1) is 0 Å². The number of aromatic nitrogens is 2. The molecular formula is C24H23N3O3. The zero-order valence-corrected chi connectivity index (χ0v) is 16.9. The number of ketones is 1. The number of H-pyrrole nitrogens is 2. The highest BCUT2D eigenvalue weighted by Crippen LogP contribution is 2.47. The molecule has 2 heterocycles. The predicted molar refractivity (Wildman–Crippen MR) is 115 cm³/mol. The maximum Gasteiger partial charge on any atom is 0.270 e. The van der Waals surface area contributed by atoms with E-state index < -0.39 is 5.92 Å². The van der Waals surface area contributed by atoms with Gasteiger partial charge in [0.2, 0.25) is 0 Å². The predicted octanol–water partition coefficient (Wildman–Crippen LogP) is 4.70. The maximum absolute atomic E-state index is 13.2. The molecular weight excluding hydrogens is 378 g/mol. The summed E-state index contributed by atoms with van der Waals surface area (Å²) in [5.74, 6) is 1.67. The number of nitrogens with one attached hydrogen (secondary N) is 3. The lowest BCUT2D eigenvalue weighted by Crippen LogP contribution is -2.34. The second-order valence-corrected chi connectivity index (χ2v) is 8.75. The van der Waals surface area contributed by atoms with Gasteiger partial charge in [-0.2, -0.15) is 0 Å². The van der Waals surface area contributed by atoms with Crippen LogP contribution in [0.1, 0.15) is 43.7 Å². The Morgan fingerprint density at radius 2 is 1.70 bits per heavy atom. The Kier molecular flexibility index (Phi) is 4.17. The first-order chi connectivity index (χ1) is 14.4. The number of hydrogen-bond donors (Lipinski definition) is 3. The van der Waals surface area contributed by atoms with Crippen molar-refractivity contribution in [3.05, 3.63) is 87.3 Å². The van der Waals surface area contributed by atoms with Gasteiger partial charge < -0.3 is 10.1 Å². The molecule has 0 bridgehead atoms. The summed E-state index contributed by atoms with van der Waals surface area (Å²) in [6, 6.07) is 17.2. The molecule has 2 aromatic carbocycles. The number of aromatic amines is 2. The lowest BCUT2D eigenvalue weighted by Gasteiger charge is -2.37. The van der Waals surface area contributed by atoms with Crippen molar-refractivity contribution in [1.29, 1.82) is 0 Å². The van der Waals surface area contributed by atoms with E-state index in [1.54, 1.807) is 0 Å². The van der Waals surface area contributed by atoms with Gasteiger partial charge in [-0.05, 0) is 41.7 Å². The Morgan fingerprint density at radius 3 is 2.50 bits per heavy atom. The molecule has 2 aliphatic rings. The number of ether oxygens (including phenoxy) is 1. The van der Waals surface area contributed by atoms with Crippen LogP contribution in [0.4, 0.5) is 5.82 Å². The minimum absolute atomic E-state index is 0.0828. The van der Waals surface area contributed by atoms with Crippen LogP contribution in [0.25, 0.3) is 0 Å². The van der Waals surface area contributed by atoms with E-state index in [-0.39, 0.29) is 16.8 Å². The lowest BCUT2D eigenvalue weighted by molar-refractivity contribution is -0.118. The third-order valence-corrected chi connectivity index (χ3v) is 5.76. The fourth-order valence-electron chi connectivity index (χ4n) is 4.53. The van der Waals surface area contributed by atoms with E-state index in [4.69, 9.17) is 4.74 Å². The number of allylic oxidation sites excluding steroid dienone is 2. The fraction of sp³-hybridized carbons (Fsp3) is 0.250. The monoisotopic (exact) mass is 401 g/mol. The van der Waals surface area contributed by atoms with Crippen LogP contribution in [-0.2, 0) is 4.79 Å². The summed E-state index contributed by atoms with van der Waals surface area (Å²) < 4.78 is 6.00. The van der Waals surface area contributed by atoms with Crippen LogP contribution in [0.3, 0.4) is 0 Å². The van der Waals surface area contributed by atoms with E-state index in [1.807, 2.05) is 54.6 Å². The molecule has 0 radical (unpaired) electrons. The van der Waals surface area contributed by atoms with E-state index in [9.17, 15) is 9.59 Å². The minimum atomic E-state index is -0.436. The Hall–Kier alpha value is -3.54. The van der Waals surface area contributed by atoms with Gasteiger partial charge in [0.25, 0.3) is 5.56 Å². The van der Waals surface area contributed by atoms with Gasteiger partial charge in [-0.3, -0.25) is 19.8 Å². The molecule has 0 fully saturated rings. The van der Waals surface area contributed by atoms with Crippen molar-refractivity contribution in [3.63, 3.8) is 0 Å². The summed E-state index contributed by atoms with van der Waals surface area (Å²) in [6.45, 7) is 4.18. The highest BCUT2D eigenvalue weighted by Gasteiger charge is 2.42. The highest BCUT2D eigenvalue weighted by molar-refractivity contribution is 6.01. The summed E-state index contributed by atoms with van der Waals surface area (Å²) in [7, 11) is 0. The Labute approximate surface area is 174 Å². The minimum Gasteiger partial charge on any atom is -0.457 e. The molecule has 0 saturated heterocycles. The van der Waals surface area contributed by atoms with Crippen LogP contribution in [0.5, 0.6) is 11.5 Å². The average molecular weight is 401 g/mol. The van der Waals surface area contributed by atoms with E-state index >= 15 is 0 Å². The normalized spacial score (nSPS) is 19.7. The number of fused-ring (bicyclic) bond motifs is 1. The molecule has 30 heavy (non-hydrogen) atoms. The van der Waals surface area contributed by atoms with Crippen LogP contribution in [0, 0.1) is 5.41 Å². The molecule has 3 aromatic rings. The largest absolute Gasteiger partial charge is 0.457 e. The van der Waals surface area contributed by atoms with Gasteiger partial charge >= 0.3 is 0 Å². The standard InChI is InChI=1S/C24H23N3O3/c1-24(2)12-17-20(18(28)13-24)19(21-22(25-17)26-27-23(21)29)14-7-6-10-16(11-14)30-15-8-4-3-5-9-15/h3-11,19H,12-13H2,1-2H3,(H3,25,26,27,29)/t19-/m0/s1. The Morgan fingerprint density at radius 1 is 0.933 bits per heavy atom. The number of carbonyl (C=O) groups is 1. The first kappa shape index (κ1) is 18.5. The SMILES string of the molecule is CC1(C)CC(=O)C2=C(C1)Nc1[nH][nH]c(=O)c1[C@H]2c1cccc(Oc2ccccc2)c1. The second-order valence-electron chi connectivity index (χ2n) is 8.75. The van der Waals surface area contributed by atoms with Crippen molar-refractivity contribution in [3.8, 4) is 11.5 Å². The van der Waals surface area contributed by atoms with Gasteiger partial charge in [0.1, 0.15) is 17.3 Å². The third-order valence-electron chi connectivity index (χ3n) is 5.76. The van der Waals surface area contributed by atoms with Gasteiger partial charge in [0.05, 0.1) is 5.56 Å². The van der Waals surface area contributed by atoms with Crippen LogP contribution in [-0.4, -0.2) is 16.0 Å². The van der Waals surface area contributed by atoms with Crippen molar-refractivity contribution in [2.45, 2.75) is 32.6 Å². The van der Waals surface area contributed by atoms with Crippen molar-refractivity contribution in [2.24, 2.45) is 5.41 Å². The van der Waals surface area contributed by atoms with Gasteiger partial charge in [0.15, 0.2) is 5.78 Å². The van der Waals surface area contributed by atoms with Crippen LogP contribution in [0.2, 0.25) is 0 Å². The molecule has 0 saturated carbocycles. The number of hydrogen-bond acceptors (Lipinski definition) is 4. The van der Waals surface area contributed by atoms with E-state index in [1.165, 1.54) is 0 Å². The molecule has 1 aliphatic heterocycles. The number of anilines is 1. The van der Waals surface area contributed by atoms with Gasteiger partial charge in [0, 0.05) is 23.6 Å². The van der Waals surface area contributed by atoms with Crippen LogP contribution in [0.15, 0.2) is 70.7 Å².